The zero-order valence-corrected chi connectivity index (χ0v) is 23.2. The molecule has 2 aliphatic heterocycles. The Morgan fingerprint density at radius 1 is 1.10 bits per heavy atom. The van der Waals surface area contributed by atoms with E-state index in [1.807, 2.05) is 0 Å². The topological polar surface area (TPSA) is 57.2 Å². The van der Waals surface area contributed by atoms with Crippen molar-refractivity contribution in [3.63, 3.8) is 0 Å². The van der Waals surface area contributed by atoms with Crippen LogP contribution in [0.15, 0.2) is 24.3 Å². The fraction of sp³-hybridized carbons (Fsp3) is 0.545. The second-order valence-electron chi connectivity index (χ2n) is 12.2. The van der Waals surface area contributed by atoms with Gasteiger partial charge in [-0.05, 0) is 98.2 Å². The number of rotatable bonds is 3. The van der Waals surface area contributed by atoms with Crippen molar-refractivity contribution >= 4 is 5.78 Å². The molecule has 0 N–H and O–H groups in total. The van der Waals surface area contributed by atoms with Crippen molar-refractivity contribution in [2.24, 2.45) is 17.3 Å². The molecule has 2 aromatic rings. The lowest BCUT2D eigenvalue weighted by Gasteiger charge is -2.48. The van der Waals surface area contributed by atoms with E-state index in [4.69, 9.17) is 18.9 Å². The summed E-state index contributed by atoms with van der Waals surface area (Å²) in [5.41, 5.74) is 5.10. The molecule has 5 atom stereocenters. The van der Waals surface area contributed by atoms with Crippen molar-refractivity contribution in [2.45, 2.75) is 63.8 Å². The van der Waals surface area contributed by atoms with Crippen LogP contribution in [0.4, 0.5) is 0 Å². The molecule has 0 unspecified atom stereocenters. The molecule has 5 aliphatic rings. The number of methoxy groups -OCH3 is 1. The molecule has 2 aromatic carbocycles. The van der Waals surface area contributed by atoms with Gasteiger partial charge in [0.05, 0.1) is 7.11 Å². The predicted molar refractivity (Wildman–Crippen MR) is 148 cm³/mol. The summed E-state index contributed by atoms with van der Waals surface area (Å²) in [5, 5.41) is 0. The highest BCUT2D eigenvalue weighted by atomic mass is 16.7. The molecule has 2 fully saturated rings. The Kier molecular flexibility index (Phi) is 6.04. The maximum atomic E-state index is 12.6. The van der Waals surface area contributed by atoms with E-state index in [0.29, 0.717) is 35.9 Å². The number of hydrogen-bond donors (Lipinski definition) is 0. The van der Waals surface area contributed by atoms with E-state index in [1.54, 1.807) is 7.11 Å². The molecule has 6 nitrogen and oxygen atoms in total. The summed E-state index contributed by atoms with van der Waals surface area (Å²) in [6.07, 6.45) is 7.20. The monoisotopic (exact) mass is 527 g/mol. The van der Waals surface area contributed by atoms with Crippen LogP contribution >= 0.6 is 0 Å². The second kappa shape index (κ2) is 9.48. The molecule has 6 heteroatoms. The fourth-order valence-electron chi connectivity index (χ4n) is 8.29. The van der Waals surface area contributed by atoms with Crippen LogP contribution in [0.25, 0.3) is 0 Å². The first-order chi connectivity index (χ1) is 19.0. The predicted octanol–water partition coefficient (Wildman–Crippen LogP) is 5.46. The van der Waals surface area contributed by atoms with Crippen molar-refractivity contribution in [2.75, 3.05) is 34.1 Å². The van der Waals surface area contributed by atoms with Gasteiger partial charge in [0.25, 0.3) is 0 Å². The number of carbonyl (C=O) groups excluding carboxylic acids is 1. The lowest BCUT2D eigenvalue weighted by atomic mass is 9.55. The third kappa shape index (κ3) is 3.92. The molecule has 204 valence electrons. The fourth-order valence-corrected chi connectivity index (χ4v) is 8.29. The summed E-state index contributed by atoms with van der Waals surface area (Å²) in [4.78, 5) is 14.9. The van der Waals surface area contributed by atoms with Gasteiger partial charge in [-0.25, -0.2) is 0 Å². The lowest BCUT2D eigenvalue weighted by molar-refractivity contribution is -0.129. The summed E-state index contributed by atoms with van der Waals surface area (Å²) in [5.74, 6) is 12.1. The first kappa shape index (κ1) is 24.8. The molecule has 0 radical (unpaired) electrons. The van der Waals surface area contributed by atoms with Crippen LogP contribution in [0.5, 0.6) is 23.0 Å². The average Bonchev–Trinajstić information content (AvgIpc) is 3.54. The maximum absolute atomic E-state index is 12.6. The van der Waals surface area contributed by atoms with Crippen molar-refractivity contribution in [1.29, 1.82) is 0 Å². The standard InChI is InChI=1S/C33H37NO5/c1-33-14-12-24-23-9-7-22(17-20(23)6-8-25(24)26(33)10-11-29(33)35)37-16-4-5-27-30-21(13-15-34(27)2)18-28-31(32(30)36-3)39-19-38-28/h7,9,17-18,24-27H,6,8,10-16,19H2,1-3H3/t24-,25+,26+,27-,33-/m0/s1. The summed E-state index contributed by atoms with van der Waals surface area (Å²) in [6, 6.07) is 8.61. The van der Waals surface area contributed by atoms with Crippen LogP contribution in [-0.2, 0) is 17.6 Å². The summed E-state index contributed by atoms with van der Waals surface area (Å²) in [6.45, 7) is 3.71. The zero-order chi connectivity index (χ0) is 26.7. The minimum atomic E-state index is -0.0956. The molecule has 7 rings (SSSR count). The Morgan fingerprint density at radius 2 is 2.00 bits per heavy atom. The largest absolute Gasteiger partial charge is 0.492 e. The molecule has 3 aliphatic carbocycles. The molecular weight excluding hydrogens is 490 g/mol. The van der Waals surface area contributed by atoms with E-state index in [2.05, 4.69) is 55.0 Å². The van der Waals surface area contributed by atoms with Gasteiger partial charge in [0.15, 0.2) is 11.5 Å². The van der Waals surface area contributed by atoms with Crippen molar-refractivity contribution < 1.29 is 23.7 Å². The first-order valence-corrected chi connectivity index (χ1v) is 14.4. The third-order valence-corrected chi connectivity index (χ3v) is 10.4. The molecule has 0 saturated heterocycles. The van der Waals surface area contributed by atoms with Gasteiger partial charge in [-0.1, -0.05) is 24.8 Å². The molecule has 0 spiro atoms. The Labute approximate surface area is 230 Å². The highest BCUT2D eigenvalue weighted by Crippen LogP contribution is 2.59. The average molecular weight is 528 g/mol. The van der Waals surface area contributed by atoms with E-state index in [9.17, 15) is 4.79 Å². The number of hydrogen-bond acceptors (Lipinski definition) is 6. The van der Waals surface area contributed by atoms with Gasteiger partial charge in [-0.3, -0.25) is 9.69 Å². The van der Waals surface area contributed by atoms with E-state index in [1.165, 1.54) is 23.1 Å². The number of fused-ring (bicyclic) bond motifs is 7. The number of benzene rings is 2. The Hall–Kier alpha value is -3.17. The van der Waals surface area contributed by atoms with E-state index >= 15 is 0 Å². The SMILES string of the molecule is COc1c2c(cc3c1[C@H](C#CCOc1ccc4c(c1)CC[C@H]1[C@H]5CCC(=O)[C@@]5(C)CC[C@@H]41)N(C)CC3)OCO2. The number of likely N-dealkylation sites (N-methyl/N-ethyl adjacent to an activating group) is 1. The van der Waals surface area contributed by atoms with E-state index in [-0.39, 0.29) is 18.2 Å². The summed E-state index contributed by atoms with van der Waals surface area (Å²) < 4.78 is 23.3. The van der Waals surface area contributed by atoms with Gasteiger partial charge in [-0.2, -0.15) is 0 Å². The number of aryl methyl sites for hydroxylation is 1. The number of Topliss-reactive ketones (excluding diaryl/α,β-unsaturated/α-hetero) is 1. The van der Waals surface area contributed by atoms with Gasteiger partial charge in [0.2, 0.25) is 12.5 Å². The van der Waals surface area contributed by atoms with E-state index < -0.39 is 0 Å². The number of nitrogens with zero attached hydrogens (tertiary/aromatic N) is 1. The molecule has 2 heterocycles. The minimum absolute atomic E-state index is 0.0713. The molecule has 0 aromatic heterocycles. The smallest absolute Gasteiger partial charge is 0.231 e. The van der Waals surface area contributed by atoms with Crippen LogP contribution in [0.2, 0.25) is 0 Å². The van der Waals surface area contributed by atoms with Crippen LogP contribution in [0.1, 0.15) is 73.2 Å². The highest BCUT2D eigenvalue weighted by molar-refractivity contribution is 5.87. The zero-order valence-electron chi connectivity index (χ0n) is 23.2. The lowest BCUT2D eigenvalue weighted by Crippen LogP contribution is -2.42. The van der Waals surface area contributed by atoms with Gasteiger partial charge in [-0.15, -0.1) is 0 Å². The number of carbonyl (C=O) groups is 1. The normalized spacial score (nSPS) is 30.4. The first-order valence-electron chi connectivity index (χ1n) is 14.4. The van der Waals surface area contributed by atoms with Gasteiger partial charge >= 0.3 is 0 Å². The van der Waals surface area contributed by atoms with Crippen molar-refractivity contribution in [3.05, 3.63) is 46.5 Å². The second-order valence-corrected chi connectivity index (χ2v) is 12.2. The van der Waals surface area contributed by atoms with Crippen LogP contribution in [-0.4, -0.2) is 44.8 Å². The van der Waals surface area contributed by atoms with Gasteiger partial charge in [0, 0.05) is 23.9 Å². The van der Waals surface area contributed by atoms with Crippen LogP contribution in [0.3, 0.4) is 0 Å². The third-order valence-electron chi connectivity index (χ3n) is 10.4. The summed E-state index contributed by atoms with van der Waals surface area (Å²) >= 11 is 0. The molecule has 0 bridgehead atoms. The van der Waals surface area contributed by atoms with Gasteiger partial charge < -0.3 is 18.9 Å². The van der Waals surface area contributed by atoms with Gasteiger partial charge in [0.1, 0.15) is 24.2 Å². The Bertz CT molecular complexity index is 1390. The minimum Gasteiger partial charge on any atom is -0.492 e. The summed E-state index contributed by atoms with van der Waals surface area (Å²) in [7, 11) is 3.77. The molecule has 39 heavy (non-hydrogen) atoms. The van der Waals surface area contributed by atoms with Crippen molar-refractivity contribution in [3.8, 4) is 34.8 Å². The Morgan fingerprint density at radius 3 is 2.87 bits per heavy atom. The number of ketones is 1. The van der Waals surface area contributed by atoms with Crippen LogP contribution in [0, 0.1) is 29.1 Å². The maximum Gasteiger partial charge on any atom is 0.231 e. The highest BCUT2D eigenvalue weighted by Gasteiger charge is 2.54. The quantitative estimate of drug-likeness (QED) is 0.494. The molecule has 2 saturated carbocycles. The van der Waals surface area contributed by atoms with Crippen molar-refractivity contribution in [1.82, 2.24) is 4.90 Å². The Balaban J connectivity index is 1.06. The van der Waals surface area contributed by atoms with E-state index in [0.717, 1.165) is 67.9 Å². The molecular formula is C33H37NO5. The van der Waals surface area contributed by atoms with Crippen LogP contribution < -0.4 is 18.9 Å². The molecule has 0 amide bonds. The number of ether oxygens (including phenoxy) is 4.